The third-order valence-electron chi connectivity index (χ3n) is 2.97. The van der Waals surface area contributed by atoms with Gasteiger partial charge < -0.3 is 15.1 Å². The Kier molecular flexibility index (Phi) is 4.09. The number of hydrogen-bond donors (Lipinski definition) is 1. The van der Waals surface area contributed by atoms with E-state index in [4.69, 9.17) is 0 Å². The summed E-state index contributed by atoms with van der Waals surface area (Å²) in [6, 6.07) is -1.06. The van der Waals surface area contributed by atoms with Gasteiger partial charge in [0.25, 0.3) is 0 Å². The quantitative estimate of drug-likeness (QED) is 0.653. The van der Waals surface area contributed by atoms with Crippen LogP contribution in [0.15, 0.2) is 0 Å². The standard InChI is InChI=1S/C11H19N3O3/c1-7-10(16)12-9(11(17)13(3)4)5-6-14(7)8(2)15/h7,9H,5-6H2,1-4H3,(H,12,16)/t7-,9-/m0/s1. The minimum Gasteiger partial charge on any atom is -0.347 e. The molecule has 0 bridgehead atoms. The number of nitrogens with zero attached hydrogens (tertiary/aromatic N) is 2. The summed E-state index contributed by atoms with van der Waals surface area (Å²) in [7, 11) is 3.29. The van der Waals surface area contributed by atoms with Crippen molar-refractivity contribution in [3.05, 3.63) is 0 Å². The number of carbonyl (C=O) groups is 3. The molecule has 0 spiro atoms. The Labute approximate surface area is 101 Å². The van der Waals surface area contributed by atoms with Gasteiger partial charge >= 0.3 is 0 Å². The van der Waals surface area contributed by atoms with E-state index in [-0.39, 0.29) is 17.7 Å². The maximum absolute atomic E-state index is 11.8. The van der Waals surface area contributed by atoms with Crippen molar-refractivity contribution in [2.45, 2.75) is 32.4 Å². The monoisotopic (exact) mass is 241 g/mol. The van der Waals surface area contributed by atoms with Gasteiger partial charge in [0.05, 0.1) is 0 Å². The summed E-state index contributed by atoms with van der Waals surface area (Å²) in [6.45, 7) is 3.51. The Morgan fingerprint density at radius 2 is 2.00 bits per heavy atom. The molecule has 1 saturated heterocycles. The van der Waals surface area contributed by atoms with E-state index in [1.54, 1.807) is 21.0 Å². The van der Waals surface area contributed by atoms with Gasteiger partial charge in [-0.15, -0.1) is 0 Å². The van der Waals surface area contributed by atoms with E-state index in [2.05, 4.69) is 5.32 Å². The van der Waals surface area contributed by atoms with Gasteiger partial charge in [-0.3, -0.25) is 14.4 Å². The van der Waals surface area contributed by atoms with Gasteiger partial charge in [-0.25, -0.2) is 0 Å². The van der Waals surface area contributed by atoms with Crippen LogP contribution in [0.5, 0.6) is 0 Å². The zero-order valence-electron chi connectivity index (χ0n) is 10.7. The molecule has 0 aromatic rings. The van der Waals surface area contributed by atoms with Crippen LogP contribution in [0.4, 0.5) is 0 Å². The van der Waals surface area contributed by atoms with Crippen molar-refractivity contribution in [2.75, 3.05) is 20.6 Å². The zero-order valence-corrected chi connectivity index (χ0v) is 10.7. The number of hydrogen-bond acceptors (Lipinski definition) is 3. The van der Waals surface area contributed by atoms with Crippen molar-refractivity contribution in [1.29, 1.82) is 0 Å². The summed E-state index contributed by atoms with van der Waals surface area (Å²) >= 11 is 0. The van der Waals surface area contributed by atoms with E-state index < -0.39 is 12.1 Å². The molecule has 2 atom stereocenters. The van der Waals surface area contributed by atoms with E-state index >= 15 is 0 Å². The van der Waals surface area contributed by atoms with Crippen molar-refractivity contribution < 1.29 is 14.4 Å². The Balaban J connectivity index is 2.82. The van der Waals surface area contributed by atoms with E-state index in [1.807, 2.05) is 0 Å². The highest BCUT2D eigenvalue weighted by atomic mass is 16.2. The third-order valence-corrected chi connectivity index (χ3v) is 2.97. The molecule has 1 N–H and O–H groups in total. The summed E-state index contributed by atoms with van der Waals surface area (Å²) in [6.07, 6.45) is 0.451. The molecule has 1 fully saturated rings. The van der Waals surface area contributed by atoms with Crippen molar-refractivity contribution in [1.82, 2.24) is 15.1 Å². The predicted molar refractivity (Wildman–Crippen MR) is 62.1 cm³/mol. The van der Waals surface area contributed by atoms with Crippen molar-refractivity contribution in [2.24, 2.45) is 0 Å². The van der Waals surface area contributed by atoms with Crippen molar-refractivity contribution >= 4 is 17.7 Å². The smallest absolute Gasteiger partial charge is 0.244 e. The van der Waals surface area contributed by atoms with Gasteiger partial charge in [0.15, 0.2) is 0 Å². The number of nitrogens with one attached hydrogen (secondary N) is 1. The fourth-order valence-corrected chi connectivity index (χ4v) is 1.89. The summed E-state index contributed by atoms with van der Waals surface area (Å²) in [5.41, 5.74) is 0. The van der Waals surface area contributed by atoms with E-state index in [0.717, 1.165) is 0 Å². The van der Waals surface area contributed by atoms with Crippen LogP contribution < -0.4 is 5.32 Å². The lowest BCUT2D eigenvalue weighted by Gasteiger charge is -2.23. The molecule has 96 valence electrons. The van der Waals surface area contributed by atoms with Crippen LogP contribution in [0.3, 0.4) is 0 Å². The van der Waals surface area contributed by atoms with E-state index in [9.17, 15) is 14.4 Å². The summed E-state index contributed by atoms with van der Waals surface area (Å²) in [5, 5.41) is 2.67. The lowest BCUT2D eigenvalue weighted by Crippen LogP contribution is -2.48. The number of likely N-dealkylation sites (N-methyl/N-ethyl adjacent to an activating group) is 1. The van der Waals surface area contributed by atoms with E-state index in [0.29, 0.717) is 13.0 Å². The maximum atomic E-state index is 11.8. The largest absolute Gasteiger partial charge is 0.347 e. The van der Waals surface area contributed by atoms with Crippen LogP contribution in [-0.2, 0) is 14.4 Å². The van der Waals surface area contributed by atoms with Crippen LogP contribution in [-0.4, -0.2) is 60.2 Å². The average molecular weight is 241 g/mol. The topological polar surface area (TPSA) is 69.7 Å². The first-order valence-electron chi connectivity index (χ1n) is 5.63. The molecule has 0 aromatic heterocycles. The normalized spacial score (nSPS) is 24.9. The lowest BCUT2D eigenvalue weighted by atomic mass is 10.2. The molecule has 0 saturated carbocycles. The van der Waals surface area contributed by atoms with Crippen molar-refractivity contribution in [3.8, 4) is 0 Å². The summed E-state index contributed by atoms with van der Waals surface area (Å²) < 4.78 is 0. The second kappa shape index (κ2) is 5.16. The Morgan fingerprint density at radius 1 is 1.41 bits per heavy atom. The molecule has 1 heterocycles. The first-order valence-corrected chi connectivity index (χ1v) is 5.63. The van der Waals surface area contributed by atoms with Gasteiger partial charge in [-0.1, -0.05) is 0 Å². The fourth-order valence-electron chi connectivity index (χ4n) is 1.89. The molecular weight excluding hydrogens is 222 g/mol. The SMILES string of the molecule is CC(=O)N1CC[C@@H](C(=O)N(C)C)NC(=O)[C@@H]1C. The molecule has 6 nitrogen and oxygen atoms in total. The molecule has 1 rings (SSSR count). The number of carbonyl (C=O) groups excluding carboxylic acids is 3. The average Bonchev–Trinajstić information content (AvgIpc) is 2.38. The minimum absolute atomic E-state index is 0.143. The van der Waals surface area contributed by atoms with Gasteiger partial charge in [0.2, 0.25) is 17.7 Å². The molecule has 0 aromatic carbocycles. The summed E-state index contributed by atoms with van der Waals surface area (Å²) in [4.78, 5) is 37.9. The highest BCUT2D eigenvalue weighted by Gasteiger charge is 2.32. The number of amides is 3. The zero-order chi connectivity index (χ0) is 13.2. The van der Waals surface area contributed by atoms with Crippen molar-refractivity contribution in [3.63, 3.8) is 0 Å². The molecule has 1 aliphatic heterocycles. The van der Waals surface area contributed by atoms with Gasteiger partial charge in [-0.05, 0) is 13.3 Å². The third kappa shape index (κ3) is 2.95. The second-order valence-corrected chi connectivity index (χ2v) is 4.47. The van der Waals surface area contributed by atoms with Crippen LogP contribution in [0.25, 0.3) is 0 Å². The highest BCUT2D eigenvalue weighted by molar-refractivity contribution is 5.92. The molecule has 0 radical (unpaired) electrons. The molecule has 0 aliphatic carbocycles. The first kappa shape index (κ1) is 13.5. The van der Waals surface area contributed by atoms with Gasteiger partial charge in [0, 0.05) is 27.6 Å². The van der Waals surface area contributed by atoms with Crippen LogP contribution in [0, 0.1) is 0 Å². The van der Waals surface area contributed by atoms with Crippen LogP contribution >= 0.6 is 0 Å². The van der Waals surface area contributed by atoms with Gasteiger partial charge in [-0.2, -0.15) is 0 Å². The second-order valence-electron chi connectivity index (χ2n) is 4.47. The molecule has 3 amide bonds. The minimum atomic E-state index is -0.538. The molecule has 0 unspecified atom stereocenters. The molecule has 6 heteroatoms. The molecule has 17 heavy (non-hydrogen) atoms. The van der Waals surface area contributed by atoms with Gasteiger partial charge in [0.1, 0.15) is 12.1 Å². The first-order chi connectivity index (χ1) is 7.84. The predicted octanol–water partition coefficient (Wildman–Crippen LogP) is -0.800. The lowest BCUT2D eigenvalue weighted by molar-refractivity contribution is -0.137. The number of rotatable bonds is 1. The van der Waals surface area contributed by atoms with Crippen LogP contribution in [0.2, 0.25) is 0 Å². The summed E-state index contributed by atoms with van der Waals surface area (Å²) in [5.74, 6) is -0.570. The Hall–Kier alpha value is -1.59. The fraction of sp³-hybridized carbons (Fsp3) is 0.727. The Bertz CT molecular complexity index is 341. The van der Waals surface area contributed by atoms with Crippen LogP contribution in [0.1, 0.15) is 20.3 Å². The maximum Gasteiger partial charge on any atom is 0.244 e. The molecule has 1 aliphatic rings. The van der Waals surface area contributed by atoms with E-state index in [1.165, 1.54) is 16.7 Å². The highest BCUT2D eigenvalue weighted by Crippen LogP contribution is 2.10. The Morgan fingerprint density at radius 3 is 2.47 bits per heavy atom. The molecular formula is C11H19N3O3.